The second kappa shape index (κ2) is 6.56. The van der Waals surface area contributed by atoms with Crippen LogP contribution in [0, 0.1) is 12.8 Å². The van der Waals surface area contributed by atoms with Gasteiger partial charge in [0.25, 0.3) is 0 Å². The standard InChI is InChI=1S/C13H25N3/c1-5-6-7-8-14-13-10-16(9-11(2)3)15-12(13)4/h10-11,14H,5-9H2,1-4H3. The third-order valence-corrected chi connectivity index (χ3v) is 2.59. The van der Waals surface area contributed by atoms with Gasteiger partial charge in [0.05, 0.1) is 11.4 Å². The molecule has 0 fully saturated rings. The Kier molecular flexibility index (Phi) is 5.36. The van der Waals surface area contributed by atoms with Crippen molar-refractivity contribution in [3.8, 4) is 0 Å². The van der Waals surface area contributed by atoms with E-state index in [-0.39, 0.29) is 0 Å². The molecule has 0 saturated heterocycles. The molecule has 0 unspecified atom stereocenters. The number of aromatic nitrogens is 2. The van der Waals surface area contributed by atoms with Gasteiger partial charge in [-0.1, -0.05) is 33.6 Å². The van der Waals surface area contributed by atoms with Crippen molar-refractivity contribution >= 4 is 5.69 Å². The average molecular weight is 223 g/mol. The van der Waals surface area contributed by atoms with Crippen LogP contribution in [0.3, 0.4) is 0 Å². The second-order valence-electron chi connectivity index (χ2n) is 4.88. The van der Waals surface area contributed by atoms with Gasteiger partial charge in [0.1, 0.15) is 0 Å². The second-order valence-corrected chi connectivity index (χ2v) is 4.88. The van der Waals surface area contributed by atoms with Crippen LogP contribution in [-0.4, -0.2) is 16.3 Å². The molecule has 0 radical (unpaired) electrons. The lowest BCUT2D eigenvalue weighted by atomic mass is 10.2. The molecule has 0 spiro atoms. The Morgan fingerprint density at radius 1 is 1.38 bits per heavy atom. The first-order valence-corrected chi connectivity index (χ1v) is 6.41. The molecule has 3 nitrogen and oxygen atoms in total. The Morgan fingerprint density at radius 3 is 2.75 bits per heavy atom. The third kappa shape index (κ3) is 4.25. The summed E-state index contributed by atoms with van der Waals surface area (Å²) >= 11 is 0. The molecule has 0 amide bonds. The highest BCUT2D eigenvalue weighted by Crippen LogP contribution is 2.13. The van der Waals surface area contributed by atoms with Gasteiger partial charge in [-0.05, 0) is 19.3 Å². The number of hydrogen-bond donors (Lipinski definition) is 1. The zero-order valence-electron chi connectivity index (χ0n) is 11.1. The molecule has 0 aliphatic carbocycles. The summed E-state index contributed by atoms with van der Waals surface area (Å²) in [5, 5.41) is 7.96. The number of rotatable bonds is 7. The van der Waals surface area contributed by atoms with Crippen LogP contribution in [0.1, 0.15) is 45.7 Å². The van der Waals surface area contributed by atoms with Crippen molar-refractivity contribution < 1.29 is 0 Å². The molecule has 0 atom stereocenters. The molecular weight excluding hydrogens is 198 g/mol. The number of aryl methyl sites for hydroxylation is 1. The van der Waals surface area contributed by atoms with Gasteiger partial charge in [0, 0.05) is 19.3 Å². The van der Waals surface area contributed by atoms with Crippen molar-refractivity contribution in [1.82, 2.24) is 9.78 Å². The SMILES string of the molecule is CCCCCNc1cn(CC(C)C)nc1C. The fraction of sp³-hybridized carbons (Fsp3) is 0.769. The molecule has 0 bridgehead atoms. The molecule has 16 heavy (non-hydrogen) atoms. The topological polar surface area (TPSA) is 29.9 Å². The zero-order valence-corrected chi connectivity index (χ0v) is 11.1. The maximum absolute atomic E-state index is 4.50. The molecule has 1 heterocycles. The van der Waals surface area contributed by atoms with Crippen LogP contribution in [0.15, 0.2) is 6.20 Å². The van der Waals surface area contributed by atoms with Gasteiger partial charge < -0.3 is 5.32 Å². The first-order chi connectivity index (χ1) is 7.63. The minimum atomic E-state index is 0.646. The van der Waals surface area contributed by atoms with Crippen molar-refractivity contribution in [2.24, 2.45) is 5.92 Å². The summed E-state index contributed by atoms with van der Waals surface area (Å²) in [5.74, 6) is 0.646. The van der Waals surface area contributed by atoms with Crippen molar-refractivity contribution in [3.05, 3.63) is 11.9 Å². The lowest BCUT2D eigenvalue weighted by Gasteiger charge is -2.04. The Morgan fingerprint density at radius 2 is 2.12 bits per heavy atom. The van der Waals surface area contributed by atoms with Crippen molar-refractivity contribution in [1.29, 1.82) is 0 Å². The van der Waals surface area contributed by atoms with Crippen LogP contribution in [0.5, 0.6) is 0 Å². The van der Waals surface area contributed by atoms with Gasteiger partial charge in [-0.25, -0.2) is 0 Å². The number of nitrogens with zero attached hydrogens (tertiary/aromatic N) is 2. The van der Waals surface area contributed by atoms with Crippen LogP contribution >= 0.6 is 0 Å². The van der Waals surface area contributed by atoms with Gasteiger partial charge in [0.2, 0.25) is 0 Å². The normalized spacial score (nSPS) is 11.1. The first kappa shape index (κ1) is 13.1. The Balaban J connectivity index is 2.43. The minimum absolute atomic E-state index is 0.646. The summed E-state index contributed by atoms with van der Waals surface area (Å²) in [6.07, 6.45) is 5.94. The van der Waals surface area contributed by atoms with E-state index in [0.29, 0.717) is 5.92 Å². The summed E-state index contributed by atoms with van der Waals surface area (Å²) in [4.78, 5) is 0. The van der Waals surface area contributed by atoms with Crippen LogP contribution in [0.4, 0.5) is 5.69 Å². The fourth-order valence-corrected chi connectivity index (χ4v) is 1.76. The van der Waals surface area contributed by atoms with Gasteiger partial charge in [-0.2, -0.15) is 5.10 Å². The van der Waals surface area contributed by atoms with E-state index in [1.165, 1.54) is 24.9 Å². The number of anilines is 1. The van der Waals surface area contributed by atoms with Gasteiger partial charge in [-0.3, -0.25) is 4.68 Å². The van der Waals surface area contributed by atoms with E-state index in [1.807, 2.05) is 4.68 Å². The molecule has 0 aliphatic rings. The van der Waals surface area contributed by atoms with Gasteiger partial charge in [0.15, 0.2) is 0 Å². The number of nitrogens with one attached hydrogen (secondary N) is 1. The Bertz CT molecular complexity index is 302. The van der Waals surface area contributed by atoms with E-state index < -0.39 is 0 Å². The summed E-state index contributed by atoms with van der Waals surface area (Å²) in [5.41, 5.74) is 2.30. The van der Waals surface area contributed by atoms with Gasteiger partial charge in [-0.15, -0.1) is 0 Å². The number of unbranched alkanes of at least 4 members (excludes halogenated alkanes) is 2. The Hall–Kier alpha value is -0.990. The molecule has 1 N–H and O–H groups in total. The minimum Gasteiger partial charge on any atom is -0.382 e. The molecule has 1 rings (SSSR count). The van der Waals surface area contributed by atoms with E-state index in [9.17, 15) is 0 Å². The first-order valence-electron chi connectivity index (χ1n) is 6.41. The van der Waals surface area contributed by atoms with Crippen LogP contribution < -0.4 is 5.32 Å². The molecule has 1 aromatic rings. The van der Waals surface area contributed by atoms with Crippen LogP contribution in [0.2, 0.25) is 0 Å². The van der Waals surface area contributed by atoms with Crippen molar-refractivity contribution in [3.63, 3.8) is 0 Å². The van der Waals surface area contributed by atoms with E-state index >= 15 is 0 Å². The summed E-state index contributed by atoms with van der Waals surface area (Å²) in [6.45, 7) is 10.8. The average Bonchev–Trinajstić information content (AvgIpc) is 2.53. The zero-order chi connectivity index (χ0) is 12.0. The predicted molar refractivity (Wildman–Crippen MR) is 69.8 cm³/mol. The highest BCUT2D eigenvalue weighted by molar-refractivity contribution is 5.45. The van der Waals surface area contributed by atoms with Crippen LogP contribution in [0.25, 0.3) is 0 Å². The molecular formula is C13H25N3. The van der Waals surface area contributed by atoms with Crippen molar-refractivity contribution in [2.45, 2.75) is 53.5 Å². The molecule has 92 valence electrons. The lowest BCUT2D eigenvalue weighted by molar-refractivity contribution is 0.481. The van der Waals surface area contributed by atoms with E-state index in [4.69, 9.17) is 0 Å². The van der Waals surface area contributed by atoms with Gasteiger partial charge >= 0.3 is 0 Å². The van der Waals surface area contributed by atoms with E-state index in [1.54, 1.807) is 0 Å². The maximum Gasteiger partial charge on any atom is 0.0825 e. The quantitative estimate of drug-likeness (QED) is 0.717. The van der Waals surface area contributed by atoms with Crippen LogP contribution in [-0.2, 0) is 6.54 Å². The lowest BCUT2D eigenvalue weighted by Crippen LogP contribution is -2.04. The fourth-order valence-electron chi connectivity index (χ4n) is 1.76. The number of hydrogen-bond acceptors (Lipinski definition) is 2. The molecule has 0 aromatic carbocycles. The smallest absolute Gasteiger partial charge is 0.0825 e. The summed E-state index contributed by atoms with van der Waals surface area (Å²) in [7, 11) is 0. The Labute approximate surface area is 99.2 Å². The molecule has 3 heteroatoms. The molecule has 1 aromatic heterocycles. The maximum atomic E-state index is 4.50. The van der Waals surface area contributed by atoms with Crippen molar-refractivity contribution in [2.75, 3.05) is 11.9 Å². The third-order valence-electron chi connectivity index (χ3n) is 2.59. The monoisotopic (exact) mass is 223 g/mol. The largest absolute Gasteiger partial charge is 0.382 e. The highest BCUT2D eigenvalue weighted by Gasteiger charge is 2.04. The van der Waals surface area contributed by atoms with E-state index in [0.717, 1.165) is 18.8 Å². The molecule has 0 saturated carbocycles. The summed E-state index contributed by atoms with van der Waals surface area (Å²) in [6, 6.07) is 0. The summed E-state index contributed by atoms with van der Waals surface area (Å²) < 4.78 is 2.04. The van der Waals surface area contributed by atoms with E-state index in [2.05, 4.69) is 44.3 Å². The molecule has 0 aliphatic heterocycles. The highest BCUT2D eigenvalue weighted by atomic mass is 15.3. The predicted octanol–water partition coefficient (Wildman–Crippen LogP) is 3.45.